The largest absolute Gasteiger partial charge is 0.310 e. The summed E-state index contributed by atoms with van der Waals surface area (Å²) in [7, 11) is 0. The minimum Gasteiger partial charge on any atom is -0.310 e. The summed E-state index contributed by atoms with van der Waals surface area (Å²) in [5, 5.41) is 3.64. The Labute approximate surface area is 133 Å². The first-order valence-corrected chi connectivity index (χ1v) is 8.80. The van der Waals surface area contributed by atoms with Crippen molar-refractivity contribution in [3.05, 3.63) is 64.7 Å². The number of thioether (sulfide) groups is 1. The molecular weight excluding hydrogens is 274 g/mol. The Balaban J connectivity index is 2.28. The predicted molar refractivity (Wildman–Crippen MR) is 94.3 cm³/mol. The zero-order valence-corrected chi connectivity index (χ0v) is 14.3. The molecule has 1 nitrogen and oxygen atoms in total. The zero-order chi connectivity index (χ0) is 15.2. The minimum absolute atomic E-state index is 0.376. The highest BCUT2D eigenvalue weighted by atomic mass is 32.2. The normalized spacial score (nSPS) is 12.4. The molecular formula is C19H25NS. The second kappa shape index (κ2) is 7.67. The van der Waals surface area contributed by atoms with E-state index in [9.17, 15) is 0 Å². The standard InChI is InChI=1S/C19H25NS/c1-5-20-18(17-8-6-7-9-19(17)21-4)13-16-11-10-14(2)15(3)12-16/h6-12,18,20H,5,13H2,1-4H3. The molecule has 0 aromatic heterocycles. The molecule has 0 bridgehead atoms. The number of hydrogen-bond donors (Lipinski definition) is 1. The van der Waals surface area contributed by atoms with Crippen LogP contribution in [0.15, 0.2) is 47.4 Å². The molecule has 0 spiro atoms. The van der Waals surface area contributed by atoms with Crippen LogP contribution in [0.1, 0.15) is 35.2 Å². The van der Waals surface area contributed by atoms with Gasteiger partial charge in [0.25, 0.3) is 0 Å². The van der Waals surface area contributed by atoms with Crippen molar-refractivity contribution in [1.82, 2.24) is 5.32 Å². The van der Waals surface area contributed by atoms with E-state index in [4.69, 9.17) is 0 Å². The van der Waals surface area contributed by atoms with Crippen molar-refractivity contribution < 1.29 is 0 Å². The molecule has 0 amide bonds. The maximum absolute atomic E-state index is 3.64. The van der Waals surface area contributed by atoms with Gasteiger partial charge in [-0.05, 0) is 61.4 Å². The van der Waals surface area contributed by atoms with Crippen molar-refractivity contribution in [2.75, 3.05) is 12.8 Å². The van der Waals surface area contributed by atoms with Crippen LogP contribution in [0.5, 0.6) is 0 Å². The van der Waals surface area contributed by atoms with Crippen LogP contribution in [0, 0.1) is 13.8 Å². The molecule has 0 heterocycles. The van der Waals surface area contributed by atoms with Crippen LogP contribution in [0.25, 0.3) is 0 Å². The molecule has 0 saturated carbocycles. The van der Waals surface area contributed by atoms with E-state index in [1.807, 2.05) is 11.8 Å². The van der Waals surface area contributed by atoms with Crippen molar-refractivity contribution >= 4 is 11.8 Å². The lowest BCUT2D eigenvalue weighted by atomic mass is 9.96. The Hall–Kier alpha value is -1.25. The molecule has 112 valence electrons. The fourth-order valence-electron chi connectivity index (χ4n) is 2.66. The Morgan fingerprint density at radius 1 is 1.05 bits per heavy atom. The van der Waals surface area contributed by atoms with Gasteiger partial charge in [0, 0.05) is 10.9 Å². The van der Waals surface area contributed by atoms with Gasteiger partial charge in [-0.3, -0.25) is 0 Å². The number of aryl methyl sites for hydroxylation is 2. The van der Waals surface area contributed by atoms with Crippen LogP contribution in [0.3, 0.4) is 0 Å². The van der Waals surface area contributed by atoms with E-state index in [1.54, 1.807) is 0 Å². The third kappa shape index (κ3) is 4.12. The summed E-state index contributed by atoms with van der Waals surface area (Å²) in [4.78, 5) is 1.37. The average molecular weight is 299 g/mol. The molecule has 0 aliphatic heterocycles. The van der Waals surface area contributed by atoms with Crippen LogP contribution in [0.4, 0.5) is 0 Å². The summed E-state index contributed by atoms with van der Waals surface area (Å²) in [6.07, 6.45) is 3.18. The molecule has 21 heavy (non-hydrogen) atoms. The lowest BCUT2D eigenvalue weighted by Crippen LogP contribution is -2.23. The van der Waals surface area contributed by atoms with Crippen LogP contribution in [-0.2, 0) is 6.42 Å². The third-order valence-electron chi connectivity index (χ3n) is 3.98. The maximum Gasteiger partial charge on any atom is 0.0371 e. The smallest absolute Gasteiger partial charge is 0.0371 e. The van der Waals surface area contributed by atoms with Gasteiger partial charge in [0.05, 0.1) is 0 Å². The van der Waals surface area contributed by atoms with E-state index in [2.05, 4.69) is 74.8 Å². The molecule has 2 aromatic carbocycles. The zero-order valence-electron chi connectivity index (χ0n) is 13.4. The molecule has 1 unspecified atom stereocenters. The van der Waals surface area contributed by atoms with Gasteiger partial charge in [-0.25, -0.2) is 0 Å². The number of benzene rings is 2. The van der Waals surface area contributed by atoms with Crippen molar-refractivity contribution in [3.63, 3.8) is 0 Å². The first-order chi connectivity index (χ1) is 10.2. The number of nitrogens with one attached hydrogen (secondary N) is 1. The van der Waals surface area contributed by atoms with Crippen LogP contribution >= 0.6 is 11.8 Å². The van der Waals surface area contributed by atoms with Crippen LogP contribution < -0.4 is 5.32 Å². The molecule has 0 fully saturated rings. The minimum atomic E-state index is 0.376. The molecule has 0 aliphatic carbocycles. The summed E-state index contributed by atoms with van der Waals surface area (Å²) in [5.74, 6) is 0. The number of hydrogen-bond acceptors (Lipinski definition) is 2. The van der Waals surface area contributed by atoms with Gasteiger partial charge >= 0.3 is 0 Å². The van der Waals surface area contributed by atoms with Gasteiger partial charge in [0.2, 0.25) is 0 Å². The molecule has 0 aliphatic rings. The molecule has 2 aromatic rings. The topological polar surface area (TPSA) is 12.0 Å². The van der Waals surface area contributed by atoms with Crippen LogP contribution in [0.2, 0.25) is 0 Å². The van der Waals surface area contributed by atoms with E-state index in [0.717, 1.165) is 13.0 Å². The molecule has 0 radical (unpaired) electrons. The highest BCUT2D eigenvalue weighted by Crippen LogP contribution is 2.28. The van der Waals surface area contributed by atoms with Crippen molar-refractivity contribution in [3.8, 4) is 0 Å². The second-order valence-electron chi connectivity index (χ2n) is 5.47. The Kier molecular flexibility index (Phi) is 5.89. The summed E-state index contributed by atoms with van der Waals surface area (Å²) in [6.45, 7) is 7.52. The maximum atomic E-state index is 3.64. The SMILES string of the molecule is CCNC(Cc1ccc(C)c(C)c1)c1ccccc1SC. The Morgan fingerprint density at radius 3 is 2.48 bits per heavy atom. The van der Waals surface area contributed by atoms with Crippen molar-refractivity contribution in [2.45, 2.75) is 38.1 Å². The van der Waals surface area contributed by atoms with Crippen LogP contribution in [-0.4, -0.2) is 12.8 Å². The van der Waals surface area contributed by atoms with E-state index in [1.165, 1.54) is 27.1 Å². The molecule has 1 N–H and O–H groups in total. The summed E-state index contributed by atoms with van der Waals surface area (Å²) in [5.41, 5.74) is 5.55. The summed E-state index contributed by atoms with van der Waals surface area (Å²) in [6, 6.07) is 15.9. The number of likely N-dealkylation sites (N-methyl/N-ethyl adjacent to an activating group) is 1. The quantitative estimate of drug-likeness (QED) is 0.760. The lowest BCUT2D eigenvalue weighted by molar-refractivity contribution is 0.542. The van der Waals surface area contributed by atoms with E-state index >= 15 is 0 Å². The Morgan fingerprint density at radius 2 is 1.81 bits per heavy atom. The third-order valence-corrected chi connectivity index (χ3v) is 4.79. The van der Waals surface area contributed by atoms with E-state index in [0.29, 0.717) is 6.04 Å². The van der Waals surface area contributed by atoms with Gasteiger partial charge in [-0.1, -0.05) is 43.3 Å². The van der Waals surface area contributed by atoms with E-state index in [-0.39, 0.29) is 0 Å². The monoisotopic (exact) mass is 299 g/mol. The van der Waals surface area contributed by atoms with Crippen molar-refractivity contribution in [2.24, 2.45) is 0 Å². The van der Waals surface area contributed by atoms with Crippen molar-refractivity contribution in [1.29, 1.82) is 0 Å². The van der Waals surface area contributed by atoms with Gasteiger partial charge < -0.3 is 5.32 Å². The molecule has 2 heteroatoms. The fourth-order valence-corrected chi connectivity index (χ4v) is 3.32. The van der Waals surface area contributed by atoms with Gasteiger partial charge in [-0.15, -0.1) is 11.8 Å². The Bertz CT molecular complexity index is 592. The highest BCUT2D eigenvalue weighted by Gasteiger charge is 2.14. The highest BCUT2D eigenvalue weighted by molar-refractivity contribution is 7.98. The first kappa shape index (κ1) is 16.1. The molecule has 0 saturated heterocycles. The predicted octanol–water partition coefficient (Wildman–Crippen LogP) is 4.92. The summed E-state index contributed by atoms with van der Waals surface area (Å²) < 4.78 is 0. The second-order valence-corrected chi connectivity index (χ2v) is 6.32. The average Bonchev–Trinajstić information content (AvgIpc) is 2.50. The first-order valence-electron chi connectivity index (χ1n) is 7.58. The summed E-state index contributed by atoms with van der Waals surface area (Å²) >= 11 is 1.83. The van der Waals surface area contributed by atoms with Gasteiger partial charge in [-0.2, -0.15) is 0 Å². The van der Waals surface area contributed by atoms with E-state index < -0.39 is 0 Å². The lowest BCUT2D eigenvalue weighted by Gasteiger charge is -2.21. The van der Waals surface area contributed by atoms with Gasteiger partial charge in [0.1, 0.15) is 0 Å². The fraction of sp³-hybridized carbons (Fsp3) is 0.368. The molecule has 2 rings (SSSR count). The number of rotatable bonds is 6. The molecule has 1 atom stereocenters. The van der Waals surface area contributed by atoms with Gasteiger partial charge in [0.15, 0.2) is 0 Å².